The van der Waals surface area contributed by atoms with Crippen molar-refractivity contribution in [3.8, 4) is 0 Å². The van der Waals surface area contributed by atoms with Crippen LogP contribution in [0.25, 0.3) is 0 Å². The molecular weight excluding hydrogens is 308 g/mol. The molecule has 1 aliphatic heterocycles. The minimum Gasteiger partial charge on any atom is -0.360 e. The molecule has 23 heavy (non-hydrogen) atoms. The SMILES string of the molecule is CCON1C(C)(C)CC(NCCC[Si]C(OC)OC)CC1(C)C. The first-order chi connectivity index (χ1) is 10.8. The minimum absolute atomic E-state index is 0.0395. The molecule has 1 N–H and O–H groups in total. The third-order valence-electron chi connectivity index (χ3n) is 4.38. The predicted octanol–water partition coefficient (Wildman–Crippen LogP) is 2.64. The molecule has 0 unspecified atom stereocenters. The molecule has 2 radical (unpaired) electrons. The van der Waals surface area contributed by atoms with Crippen molar-refractivity contribution in [2.45, 2.75) is 83.0 Å². The highest BCUT2D eigenvalue weighted by molar-refractivity contribution is 6.36. The summed E-state index contributed by atoms with van der Waals surface area (Å²) in [6, 6.07) is 1.69. The van der Waals surface area contributed by atoms with Crippen LogP contribution >= 0.6 is 0 Å². The molecule has 0 aromatic carbocycles. The van der Waals surface area contributed by atoms with Gasteiger partial charge in [0.2, 0.25) is 0 Å². The summed E-state index contributed by atoms with van der Waals surface area (Å²) >= 11 is 0. The number of hydrogen-bond acceptors (Lipinski definition) is 5. The van der Waals surface area contributed by atoms with E-state index in [2.05, 4.69) is 45.0 Å². The molecule has 0 aromatic rings. The van der Waals surface area contributed by atoms with Gasteiger partial charge in [0, 0.05) is 31.3 Å². The molecular formula is C17H36N2O3Si. The van der Waals surface area contributed by atoms with Crippen LogP contribution in [0.15, 0.2) is 0 Å². The molecule has 0 aromatic heterocycles. The molecule has 1 aliphatic rings. The number of hydroxylamine groups is 2. The quantitative estimate of drug-likeness (QED) is 0.375. The number of nitrogens with zero attached hydrogens (tertiary/aromatic N) is 1. The Bertz CT molecular complexity index is 318. The van der Waals surface area contributed by atoms with Crippen molar-refractivity contribution in [1.29, 1.82) is 0 Å². The van der Waals surface area contributed by atoms with Crippen LogP contribution in [-0.4, -0.2) is 65.0 Å². The molecule has 1 fully saturated rings. The van der Waals surface area contributed by atoms with Crippen LogP contribution in [0, 0.1) is 0 Å². The summed E-state index contributed by atoms with van der Waals surface area (Å²) in [5.74, 6) is -0.0395. The predicted molar refractivity (Wildman–Crippen MR) is 95.6 cm³/mol. The van der Waals surface area contributed by atoms with Crippen molar-refractivity contribution in [3.63, 3.8) is 0 Å². The van der Waals surface area contributed by atoms with Gasteiger partial charge < -0.3 is 14.8 Å². The number of methoxy groups -OCH3 is 2. The van der Waals surface area contributed by atoms with E-state index in [1.165, 1.54) is 0 Å². The van der Waals surface area contributed by atoms with E-state index in [-0.39, 0.29) is 17.0 Å². The zero-order valence-electron chi connectivity index (χ0n) is 16.1. The Morgan fingerprint density at radius 2 is 1.70 bits per heavy atom. The van der Waals surface area contributed by atoms with Gasteiger partial charge in [0.05, 0.1) is 6.61 Å². The second-order valence-electron chi connectivity index (χ2n) is 7.51. The molecule has 0 spiro atoms. The van der Waals surface area contributed by atoms with Gasteiger partial charge in [-0.25, -0.2) is 0 Å². The summed E-state index contributed by atoms with van der Waals surface area (Å²) in [5, 5.41) is 5.96. The maximum Gasteiger partial charge on any atom is 0.136 e. The number of rotatable bonds is 10. The highest BCUT2D eigenvalue weighted by Gasteiger charge is 2.46. The van der Waals surface area contributed by atoms with E-state index in [1.807, 2.05) is 0 Å². The van der Waals surface area contributed by atoms with Crippen LogP contribution in [-0.2, 0) is 14.3 Å². The number of piperidine rings is 1. The second-order valence-corrected chi connectivity index (χ2v) is 8.89. The van der Waals surface area contributed by atoms with E-state index in [9.17, 15) is 0 Å². The van der Waals surface area contributed by atoms with Gasteiger partial charge in [-0.3, -0.25) is 4.84 Å². The summed E-state index contributed by atoms with van der Waals surface area (Å²) in [6.07, 6.45) is 3.38. The average molecular weight is 345 g/mol. The third-order valence-corrected chi connectivity index (χ3v) is 5.82. The van der Waals surface area contributed by atoms with E-state index >= 15 is 0 Å². The minimum atomic E-state index is -0.0395. The number of ether oxygens (including phenoxy) is 2. The number of hydrogen-bond donors (Lipinski definition) is 1. The lowest BCUT2D eigenvalue weighted by atomic mass is 9.79. The second kappa shape index (κ2) is 9.49. The summed E-state index contributed by atoms with van der Waals surface area (Å²) in [4.78, 5) is 5.93. The summed E-state index contributed by atoms with van der Waals surface area (Å²) < 4.78 is 10.5. The van der Waals surface area contributed by atoms with Crippen LogP contribution < -0.4 is 5.32 Å². The Morgan fingerprint density at radius 3 is 2.17 bits per heavy atom. The van der Waals surface area contributed by atoms with Crippen molar-refractivity contribution >= 4 is 9.52 Å². The normalized spacial score (nSPS) is 21.9. The van der Waals surface area contributed by atoms with Crippen molar-refractivity contribution in [2.75, 3.05) is 27.4 Å². The molecule has 0 aliphatic carbocycles. The van der Waals surface area contributed by atoms with Gasteiger partial charge >= 0.3 is 0 Å². The first-order valence-corrected chi connectivity index (χ1v) is 10.0. The van der Waals surface area contributed by atoms with Crippen molar-refractivity contribution < 1.29 is 14.3 Å². The Labute approximate surface area is 145 Å². The topological polar surface area (TPSA) is 43.0 Å². The lowest BCUT2D eigenvalue weighted by Gasteiger charge is -2.54. The molecule has 136 valence electrons. The Balaban J connectivity index is 2.39. The zero-order valence-corrected chi connectivity index (χ0v) is 17.1. The maximum absolute atomic E-state index is 5.93. The van der Waals surface area contributed by atoms with Crippen LogP contribution in [0.1, 0.15) is 53.9 Å². The first-order valence-electron chi connectivity index (χ1n) is 8.72. The fourth-order valence-corrected chi connectivity index (χ4v) is 4.71. The smallest absolute Gasteiger partial charge is 0.136 e. The van der Waals surface area contributed by atoms with E-state index in [0.717, 1.165) is 38.5 Å². The summed E-state index contributed by atoms with van der Waals surface area (Å²) in [5.41, 5.74) is 0.0999. The van der Waals surface area contributed by atoms with Gasteiger partial charge in [0.1, 0.15) is 15.4 Å². The van der Waals surface area contributed by atoms with Gasteiger partial charge in [-0.1, -0.05) is 6.04 Å². The monoisotopic (exact) mass is 344 g/mol. The van der Waals surface area contributed by atoms with Gasteiger partial charge in [0.15, 0.2) is 0 Å². The highest BCUT2D eigenvalue weighted by atomic mass is 28.2. The van der Waals surface area contributed by atoms with Gasteiger partial charge in [-0.2, -0.15) is 5.06 Å². The molecule has 1 rings (SSSR count). The molecule has 0 amide bonds. The average Bonchev–Trinajstić information content (AvgIpc) is 2.46. The number of nitrogens with one attached hydrogen (secondary N) is 1. The maximum atomic E-state index is 5.93. The van der Waals surface area contributed by atoms with E-state index in [1.54, 1.807) is 14.2 Å². The third kappa shape index (κ3) is 6.44. The Kier molecular flexibility index (Phi) is 8.69. The van der Waals surface area contributed by atoms with Crippen molar-refractivity contribution in [1.82, 2.24) is 10.4 Å². The molecule has 0 saturated carbocycles. The van der Waals surface area contributed by atoms with Crippen LogP contribution in [0.5, 0.6) is 0 Å². The van der Waals surface area contributed by atoms with Crippen molar-refractivity contribution in [2.24, 2.45) is 0 Å². The first kappa shape index (κ1) is 21.1. The summed E-state index contributed by atoms with van der Waals surface area (Å²) in [7, 11) is 4.11. The van der Waals surface area contributed by atoms with Gasteiger partial charge in [-0.15, -0.1) is 0 Å². The fourth-order valence-electron chi connectivity index (χ4n) is 3.76. The largest absolute Gasteiger partial charge is 0.360 e. The molecule has 1 heterocycles. The molecule has 5 nitrogen and oxygen atoms in total. The molecule has 6 heteroatoms. The van der Waals surface area contributed by atoms with Crippen LogP contribution in [0.2, 0.25) is 6.04 Å². The standard InChI is InChI=1S/C17H36N2O3Si/c1-8-22-19-16(2,3)12-14(13-17(19,4)5)18-10-9-11-23-15(20-6)21-7/h14-15,18H,8-13H2,1-7H3. The van der Waals surface area contributed by atoms with Gasteiger partial charge in [-0.05, 0) is 60.4 Å². The van der Waals surface area contributed by atoms with E-state index in [4.69, 9.17) is 14.3 Å². The van der Waals surface area contributed by atoms with E-state index < -0.39 is 0 Å². The van der Waals surface area contributed by atoms with Crippen LogP contribution in [0.3, 0.4) is 0 Å². The Morgan fingerprint density at radius 1 is 1.13 bits per heavy atom. The fraction of sp³-hybridized carbons (Fsp3) is 1.00. The zero-order chi connectivity index (χ0) is 17.5. The van der Waals surface area contributed by atoms with Crippen molar-refractivity contribution in [3.05, 3.63) is 0 Å². The molecule has 0 atom stereocenters. The molecule has 1 saturated heterocycles. The molecule has 0 bridgehead atoms. The lowest BCUT2D eigenvalue weighted by Crippen LogP contribution is -2.63. The lowest BCUT2D eigenvalue weighted by molar-refractivity contribution is -0.281. The van der Waals surface area contributed by atoms with E-state index in [0.29, 0.717) is 15.6 Å². The van der Waals surface area contributed by atoms with Gasteiger partial charge in [0.25, 0.3) is 0 Å². The van der Waals surface area contributed by atoms with Crippen LogP contribution in [0.4, 0.5) is 0 Å². The highest BCUT2D eigenvalue weighted by Crippen LogP contribution is 2.38. The Hall–Kier alpha value is 0.0169. The summed E-state index contributed by atoms with van der Waals surface area (Å²) in [6.45, 7) is 13.0.